The highest BCUT2D eigenvalue weighted by Gasteiger charge is 2.26. The summed E-state index contributed by atoms with van der Waals surface area (Å²) in [5, 5.41) is 3.40. The van der Waals surface area contributed by atoms with Crippen molar-refractivity contribution in [3.05, 3.63) is 60.2 Å². The monoisotopic (exact) mass is 378 g/mol. The number of imidazole rings is 1. The number of nitrogens with one attached hydrogen (secondary N) is 1. The van der Waals surface area contributed by atoms with E-state index < -0.39 is 0 Å². The van der Waals surface area contributed by atoms with Gasteiger partial charge in [0.05, 0.1) is 23.2 Å². The van der Waals surface area contributed by atoms with Crippen LogP contribution in [0.4, 0.5) is 5.95 Å². The zero-order valence-electron chi connectivity index (χ0n) is 16.3. The fourth-order valence-corrected chi connectivity index (χ4v) is 3.76. The maximum Gasteiger partial charge on any atom is 0.242 e. The van der Waals surface area contributed by atoms with Gasteiger partial charge in [-0.2, -0.15) is 0 Å². The van der Waals surface area contributed by atoms with Crippen LogP contribution in [-0.4, -0.2) is 45.7 Å². The number of benzene rings is 2. The highest BCUT2D eigenvalue weighted by atomic mass is 16.5. The van der Waals surface area contributed by atoms with E-state index in [2.05, 4.69) is 17.4 Å². The number of hydrogen-bond donors (Lipinski definition) is 1. The molecule has 2 atom stereocenters. The van der Waals surface area contributed by atoms with Gasteiger partial charge in [0.25, 0.3) is 0 Å². The number of hydrogen-bond acceptors (Lipinski definition) is 4. The molecule has 1 N–H and O–H groups in total. The van der Waals surface area contributed by atoms with Crippen molar-refractivity contribution in [1.82, 2.24) is 14.5 Å². The molecule has 1 aliphatic heterocycles. The number of nitrogens with zero attached hydrogens (tertiary/aromatic N) is 3. The molecule has 0 bridgehead atoms. The Hall–Kier alpha value is -2.86. The highest BCUT2D eigenvalue weighted by molar-refractivity contribution is 5.83. The van der Waals surface area contributed by atoms with E-state index in [0.29, 0.717) is 25.6 Å². The first-order chi connectivity index (χ1) is 13.6. The normalized spacial score (nSPS) is 19.7. The van der Waals surface area contributed by atoms with Gasteiger partial charge in [0.1, 0.15) is 6.54 Å². The number of carbonyl (C=O) groups excluding carboxylic acids is 1. The second-order valence-electron chi connectivity index (χ2n) is 7.41. The Bertz CT molecular complexity index is 944. The Morgan fingerprint density at radius 2 is 1.75 bits per heavy atom. The van der Waals surface area contributed by atoms with Gasteiger partial charge in [0, 0.05) is 19.6 Å². The van der Waals surface area contributed by atoms with Crippen molar-refractivity contribution < 1.29 is 9.53 Å². The minimum Gasteiger partial charge on any atom is -0.372 e. The van der Waals surface area contributed by atoms with Crippen LogP contribution < -0.4 is 5.32 Å². The maximum absolute atomic E-state index is 13.0. The second-order valence-corrected chi connectivity index (χ2v) is 7.41. The summed E-state index contributed by atoms with van der Waals surface area (Å²) in [6, 6.07) is 18.1. The SMILES string of the molecule is C[C@@H]1CN(C(=O)Cn2c(NCc3ccccc3)nc3ccccc32)C[C@@H](C)O1. The highest BCUT2D eigenvalue weighted by Crippen LogP contribution is 2.21. The third-order valence-electron chi connectivity index (χ3n) is 5.01. The summed E-state index contributed by atoms with van der Waals surface area (Å²) in [7, 11) is 0. The number of amides is 1. The van der Waals surface area contributed by atoms with Crippen LogP contribution in [0, 0.1) is 0 Å². The first-order valence-corrected chi connectivity index (χ1v) is 9.76. The molecule has 0 radical (unpaired) electrons. The van der Waals surface area contributed by atoms with Gasteiger partial charge in [-0.1, -0.05) is 42.5 Å². The number of anilines is 1. The van der Waals surface area contributed by atoms with Crippen molar-refractivity contribution in [2.75, 3.05) is 18.4 Å². The first-order valence-electron chi connectivity index (χ1n) is 9.76. The third-order valence-corrected chi connectivity index (χ3v) is 5.01. The van der Waals surface area contributed by atoms with Crippen molar-refractivity contribution in [3.63, 3.8) is 0 Å². The molecule has 1 aromatic heterocycles. The van der Waals surface area contributed by atoms with E-state index in [9.17, 15) is 4.79 Å². The van der Waals surface area contributed by atoms with Gasteiger partial charge in [-0.25, -0.2) is 4.98 Å². The lowest BCUT2D eigenvalue weighted by Crippen LogP contribution is -2.49. The average molecular weight is 378 g/mol. The van der Waals surface area contributed by atoms with Crippen molar-refractivity contribution >= 4 is 22.9 Å². The molecule has 6 nitrogen and oxygen atoms in total. The summed E-state index contributed by atoms with van der Waals surface area (Å²) in [5.74, 6) is 0.806. The van der Waals surface area contributed by atoms with Gasteiger partial charge in [0.15, 0.2) is 0 Å². The van der Waals surface area contributed by atoms with Crippen LogP contribution >= 0.6 is 0 Å². The minimum absolute atomic E-state index is 0.0582. The Morgan fingerprint density at radius 1 is 1.07 bits per heavy atom. The van der Waals surface area contributed by atoms with Crippen LogP contribution in [0.5, 0.6) is 0 Å². The van der Waals surface area contributed by atoms with Gasteiger partial charge < -0.3 is 19.5 Å². The van der Waals surface area contributed by atoms with E-state index in [1.54, 1.807) is 0 Å². The van der Waals surface area contributed by atoms with Gasteiger partial charge in [-0.15, -0.1) is 0 Å². The smallest absolute Gasteiger partial charge is 0.242 e. The first kappa shape index (κ1) is 18.5. The van der Waals surface area contributed by atoms with Gasteiger partial charge in [-0.3, -0.25) is 4.79 Å². The molecule has 0 saturated carbocycles. The van der Waals surface area contributed by atoms with Crippen molar-refractivity contribution in [2.45, 2.75) is 39.1 Å². The lowest BCUT2D eigenvalue weighted by atomic mass is 10.2. The lowest BCUT2D eigenvalue weighted by molar-refractivity contribution is -0.143. The molecular weight excluding hydrogens is 352 g/mol. The molecule has 4 rings (SSSR count). The summed E-state index contributed by atoms with van der Waals surface area (Å²) in [5.41, 5.74) is 3.01. The second kappa shape index (κ2) is 8.02. The molecule has 1 aliphatic rings. The van der Waals surface area contributed by atoms with Crippen LogP contribution in [0.1, 0.15) is 19.4 Å². The topological polar surface area (TPSA) is 59.4 Å². The van der Waals surface area contributed by atoms with Gasteiger partial charge in [0.2, 0.25) is 11.9 Å². The molecule has 1 fully saturated rings. The van der Waals surface area contributed by atoms with E-state index in [1.807, 2.05) is 65.8 Å². The lowest BCUT2D eigenvalue weighted by Gasteiger charge is -2.35. The Kier molecular flexibility index (Phi) is 5.30. The number of para-hydroxylation sites is 2. The summed E-state index contributed by atoms with van der Waals surface area (Å²) in [4.78, 5) is 19.6. The molecule has 146 valence electrons. The molecule has 28 heavy (non-hydrogen) atoms. The van der Waals surface area contributed by atoms with Crippen LogP contribution in [0.3, 0.4) is 0 Å². The number of aromatic nitrogens is 2. The van der Waals surface area contributed by atoms with Crippen LogP contribution in [-0.2, 0) is 22.6 Å². The largest absolute Gasteiger partial charge is 0.372 e. The molecule has 1 amide bonds. The molecule has 2 aromatic carbocycles. The predicted octanol–water partition coefficient (Wildman–Crippen LogP) is 3.28. The number of morpholine rings is 1. The van der Waals surface area contributed by atoms with Gasteiger partial charge >= 0.3 is 0 Å². The molecule has 0 unspecified atom stereocenters. The molecule has 2 heterocycles. The van der Waals surface area contributed by atoms with Crippen LogP contribution in [0.25, 0.3) is 11.0 Å². The fraction of sp³-hybridized carbons (Fsp3) is 0.364. The number of ether oxygens (including phenoxy) is 1. The molecule has 3 aromatic rings. The Morgan fingerprint density at radius 3 is 2.50 bits per heavy atom. The van der Waals surface area contributed by atoms with E-state index in [4.69, 9.17) is 9.72 Å². The van der Waals surface area contributed by atoms with Crippen molar-refractivity contribution in [1.29, 1.82) is 0 Å². The van der Waals surface area contributed by atoms with Crippen molar-refractivity contribution in [2.24, 2.45) is 0 Å². The minimum atomic E-state index is 0.0582. The summed E-state index contributed by atoms with van der Waals surface area (Å²) in [6.07, 6.45) is 0.116. The van der Waals surface area contributed by atoms with E-state index in [-0.39, 0.29) is 24.7 Å². The standard InChI is InChI=1S/C22H26N4O2/c1-16-13-25(14-17(2)28-16)21(27)15-26-20-11-7-6-10-19(20)24-22(26)23-12-18-8-4-3-5-9-18/h3-11,16-17H,12-15H2,1-2H3,(H,23,24)/t16-,17-/m1/s1. The maximum atomic E-state index is 13.0. The summed E-state index contributed by atoms with van der Waals surface area (Å²) in [6.45, 7) is 6.19. The zero-order chi connectivity index (χ0) is 19.5. The van der Waals surface area contributed by atoms with Crippen LogP contribution in [0.2, 0.25) is 0 Å². The number of rotatable bonds is 5. The average Bonchev–Trinajstić information content (AvgIpc) is 3.04. The molecular formula is C22H26N4O2. The summed E-state index contributed by atoms with van der Waals surface area (Å²) < 4.78 is 7.74. The molecule has 0 spiro atoms. The Balaban J connectivity index is 1.57. The molecule has 0 aliphatic carbocycles. The predicted molar refractivity (Wildman–Crippen MR) is 110 cm³/mol. The number of carbonyl (C=O) groups is 1. The molecule has 6 heteroatoms. The summed E-state index contributed by atoms with van der Waals surface area (Å²) >= 11 is 0. The van der Waals surface area contributed by atoms with E-state index >= 15 is 0 Å². The zero-order valence-corrected chi connectivity index (χ0v) is 16.3. The third kappa shape index (κ3) is 4.02. The number of fused-ring (bicyclic) bond motifs is 1. The fourth-order valence-electron chi connectivity index (χ4n) is 3.76. The molecule has 1 saturated heterocycles. The Labute approximate surface area is 165 Å². The quantitative estimate of drug-likeness (QED) is 0.740. The van der Waals surface area contributed by atoms with Crippen molar-refractivity contribution in [3.8, 4) is 0 Å². The van der Waals surface area contributed by atoms with Crippen LogP contribution in [0.15, 0.2) is 54.6 Å². The van der Waals surface area contributed by atoms with E-state index in [1.165, 1.54) is 5.56 Å². The van der Waals surface area contributed by atoms with Gasteiger partial charge in [-0.05, 0) is 31.5 Å². The van der Waals surface area contributed by atoms with E-state index in [0.717, 1.165) is 11.0 Å².